The first-order valence-corrected chi connectivity index (χ1v) is 9.53. The Morgan fingerprint density at radius 1 is 1.28 bits per heavy atom. The van der Waals surface area contributed by atoms with E-state index in [2.05, 4.69) is 16.3 Å². The summed E-state index contributed by atoms with van der Waals surface area (Å²) in [6.45, 7) is 11.6. The number of amides is 2. The molecule has 1 saturated heterocycles. The van der Waals surface area contributed by atoms with Crippen molar-refractivity contribution in [3.63, 3.8) is 0 Å². The fourth-order valence-corrected chi connectivity index (χ4v) is 3.85. The maximum Gasteiger partial charge on any atom is 0.317 e. The summed E-state index contributed by atoms with van der Waals surface area (Å²) in [6, 6.07) is 6.05. The van der Waals surface area contributed by atoms with Crippen LogP contribution >= 0.6 is 11.3 Å². The molecule has 0 atom stereocenters. The number of urea groups is 1. The van der Waals surface area contributed by atoms with Gasteiger partial charge in [0.1, 0.15) is 11.3 Å². The van der Waals surface area contributed by atoms with Gasteiger partial charge in [0.05, 0.1) is 11.3 Å². The number of carbonyl (C=O) groups excluding carboxylic acids is 1. The molecule has 1 aromatic heterocycles. The number of hydrogen-bond acceptors (Lipinski definition) is 5. The van der Waals surface area contributed by atoms with Crippen molar-refractivity contribution in [1.29, 1.82) is 0 Å². The van der Waals surface area contributed by atoms with E-state index < -0.39 is 0 Å². The summed E-state index contributed by atoms with van der Waals surface area (Å²) in [5.41, 5.74) is 0.717. The third kappa shape index (κ3) is 4.15. The number of para-hydroxylation sites is 1. The third-order valence-electron chi connectivity index (χ3n) is 3.99. The lowest BCUT2D eigenvalue weighted by Crippen LogP contribution is -2.55. The molecule has 1 aliphatic heterocycles. The Morgan fingerprint density at radius 2 is 2.00 bits per heavy atom. The molecule has 1 aliphatic rings. The standard InChI is InChI=1S/C18H26N4O2S/c1-5-24-13-7-6-8-14-15(13)19-17(25-14)22-11-9-21(10-12-22)16(23)20-18(2,3)4/h6-8H,5,9-12H2,1-4H3,(H,20,23). The second-order valence-electron chi connectivity index (χ2n) is 7.19. The predicted molar refractivity (Wildman–Crippen MR) is 103 cm³/mol. The smallest absolute Gasteiger partial charge is 0.317 e. The van der Waals surface area contributed by atoms with Gasteiger partial charge in [0.25, 0.3) is 0 Å². The number of ether oxygens (including phenoxy) is 1. The van der Waals surface area contributed by atoms with Crippen molar-refractivity contribution in [2.75, 3.05) is 37.7 Å². The molecule has 0 saturated carbocycles. The van der Waals surface area contributed by atoms with Crippen LogP contribution in [-0.2, 0) is 0 Å². The number of hydrogen-bond donors (Lipinski definition) is 1. The minimum Gasteiger partial charge on any atom is -0.492 e. The maximum absolute atomic E-state index is 12.3. The monoisotopic (exact) mass is 362 g/mol. The molecule has 0 radical (unpaired) electrons. The second-order valence-corrected chi connectivity index (χ2v) is 8.20. The number of nitrogens with one attached hydrogen (secondary N) is 1. The number of benzene rings is 1. The van der Waals surface area contributed by atoms with E-state index in [1.165, 1.54) is 0 Å². The zero-order valence-electron chi connectivity index (χ0n) is 15.3. The molecular weight excluding hydrogens is 336 g/mol. The molecule has 0 bridgehead atoms. The summed E-state index contributed by atoms with van der Waals surface area (Å²) in [5, 5.41) is 4.02. The van der Waals surface area contributed by atoms with E-state index in [1.807, 2.05) is 44.7 Å². The molecule has 2 aromatic rings. The predicted octanol–water partition coefficient (Wildman–Crippen LogP) is 3.33. The lowest BCUT2D eigenvalue weighted by Gasteiger charge is -2.36. The molecule has 6 nitrogen and oxygen atoms in total. The number of rotatable bonds is 3. The SMILES string of the molecule is CCOc1cccc2sc(N3CCN(C(=O)NC(C)(C)C)CC3)nc12. The van der Waals surface area contributed by atoms with Gasteiger partial charge in [-0.2, -0.15) is 0 Å². The van der Waals surface area contributed by atoms with Crippen LogP contribution in [0.2, 0.25) is 0 Å². The van der Waals surface area contributed by atoms with Gasteiger partial charge in [0, 0.05) is 31.7 Å². The molecule has 0 spiro atoms. The Kier molecular flexibility index (Phi) is 5.03. The fourth-order valence-electron chi connectivity index (χ4n) is 2.82. The quantitative estimate of drug-likeness (QED) is 0.910. The lowest BCUT2D eigenvalue weighted by molar-refractivity contribution is 0.185. The molecule has 136 valence electrons. The zero-order valence-corrected chi connectivity index (χ0v) is 16.2. The number of aromatic nitrogens is 1. The van der Waals surface area contributed by atoms with Crippen LogP contribution in [0.1, 0.15) is 27.7 Å². The Balaban J connectivity index is 1.68. The first kappa shape index (κ1) is 17.8. The lowest BCUT2D eigenvalue weighted by atomic mass is 10.1. The van der Waals surface area contributed by atoms with Crippen molar-refractivity contribution in [3.05, 3.63) is 18.2 Å². The van der Waals surface area contributed by atoms with E-state index in [9.17, 15) is 4.79 Å². The fraction of sp³-hybridized carbons (Fsp3) is 0.556. The van der Waals surface area contributed by atoms with E-state index in [0.29, 0.717) is 19.7 Å². The minimum absolute atomic E-state index is 0.00934. The van der Waals surface area contributed by atoms with Crippen molar-refractivity contribution in [2.24, 2.45) is 0 Å². The summed E-state index contributed by atoms with van der Waals surface area (Å²) >= 11 is 1.68. The van der Waals surface area contributed by atoms with E-state index >= 15 is 0 Å². The number of thiazole rings is 1. The van der Waals surface area contributed by atoms with Crippen LogP contribution in [0.25, 0.3) is 10.2 Å². The van der Waals surface area contributed by atoms with Crippen molar-refractivity contribution in [3.8, 4) is 5.75 Å². The molecule has 3 rings (SSSR count). The van der Waals surface area contributed by atoms with Gasteiger partial charge in [0.15, 0.2) is 5.13 Å². The molecule has 1 N–H and O–H groups in total. The van der Waals surface area contributed by atoms with Crippen LogP contribution in [0.4, 0.5) is 9.93 Å². The van der Waals surface area contributed by atoms with Crippen LogP contribution in [0, 0.1) is 0 Å². The number of carbonyl (C=O) groups is 1. The van der Waals surface area contributed by atoms with E-state index in [-0.39, 0.29) is 11.6 Å². The summed E-state index contributed by atoms with van der Waals surface area (Å²) in [4.78, 5) is 21.2. The summed E-state index contributed by atoms with van der Waals surface area (Å²) in [6.07, 6.45) is 0. The summed E-state index contributed by atoms with van der Waals surface area (Å²) < 4.78 is 6.81. The Bertz CT molecular complexity index is 745. The average molecular weight is 362 g/mol. The van der Waals surface area contributed by atoms with E-state index in [0.717, 1.165) is 34.2 Å². The van der Waals surface area contributed by atoms with Crippen LogP contribution < -0.4 is 15.0 Å². The molecule has 2 amide bonds. The first-order chi connectivity index (χ1) is 11.9. The Labute approximate surface area is 152 Å². The highest BCUT2D eigenvalue weighted by molar-refractivity contribution is 7.22. The number of anilines is 1. The summed E-state index contributed by atoms with van der Waals surface area (Å²) in [5.74, 6) is 0.839. The second kappa shape index (κ2) is 7.07. The number of piperazine rings is 1. The Morgan fingerprint density at radius 3 is 2.64 bits per heavy atom. The Hall–Kier alpha value is -2.02. The molecule has 0 unspecified atom stereocenters. The number of fused-ring (bicyclic) bond motifs is 1. The molecular formula is C18H26N4O2S. The third-order valence-corrected chi connectivity index (χ3v) is 5.07. The molecule has 0 aliphatic carbocycles. The van der Waals surface area contributed by atoms with Crippen molar-refractivity contribution in [2.45, 2.75) is 33.2 Å². The van der Waals surface area contributed by atoms with Gasteiger partial charge in [-0.05, 0) is 39.8 Å². The largest absolute Gasteiger partial charge is 0.492 e. The molecule has 2 heterocycles. The highest BCUT2D eigenvalue weighted by Gasteiger charge is 2.25. The van der Waals surface area contributed by atoms with E-state index in [4.69, 9.17) is 9.72 Å². The van der Waals surface area contributed by atoms with Crippen LogP contribution in [0.15, 0.2) is 18.2 Å². The van der Waals surface area contributed by atoms with Gasteiger partial charge >= 0.3 is 6.03 Å². The molecule has 1 fully saturated rings. The normalized spacial score (nSPS) is 15.5. The van der Waals surface area contributed by atoms with Gasteiger partial charge in [-0.25, -0.2) is 9.78 Å². The van der Waals surface area contributed by atoms with E-state index in [1.54, 1.807) is 11.3 Å². The van der Waals surface area contributed by atoms with Crippen LogP contribution in [-0.4, -0.2) is 54.2 Å². The van der Waals surface area contributed by atoms with Gasteiger partial charge in [-0.1, -0.05) is 17.4 Å². The van der Waals surface area contributed by atoms with Gasteiger partial charge in [-0.3, -0.25) is 0 Å². The average Bonchev–Trinajstić information content (AvgIpc) is 2.99. The topological polar surface area (TPSA) is 57.7 Å². The van der Waals surface area contributed by atoms with Crippen LogP contribution in [0.3, 0.4) is 0 Å². The molecule has 1 aromatic carbocycles. The zero-order chi connectivity index (χ0) is 18.0. The maximum atomic E-state index is 12.3. The molecule has 25 heavy (non-hydrogen) atoms. The summed E-state index contributed by atoms with van der Waals surface area (Å²) in [7, 11) is 0. The first-order valence-electron chi connectivity index (χ1n) is 8.72. The molecule has 7 heteroatoms. The van der Waals surface area contributed by atoms with Crippen molar-refractivity contribution < 1.29 is 9.53 Å². The van der Waals surface area contributed by atoms with Gasteiger partial charge in [0.2, 0.25) is 0 Å². The van der Waals surface area contributed by atoms with Crippen LogP contribution in [0.5, 0.6) is 5.75 Å². The van der Waals surface area contributed by atoms with Crippen molar-refractivity contribution >= 4 is 32.7 Å². The minimum atomic E-state index is -0.211. The van der Waals surface area contributed by atoms with Crippen molar-refractivity contribution in [1.82, 2.24) is 15.2 Å². The highest BCUT2D eigenvalue weighted by Crippen LogP contribution is 2.34. The number of nitrogens with zero attached hydrogens (tertiary/aromatic N) is 3. The van der Waals surface area contributed by atoms with Gasteiger partial charge in [-0.15, -0.1) is 0 Å². The van der Waals surface area contributed by atoms with Gasteiger partial charge < -0.3 is 19.9 Å². The highest BCUT2D eigenvalue weighted by atomic mass is 32.1.